The molecule has 0 saturated carbocycles. The van der Waals surface area contributed by atoms with Crippen molar-refractivity contribution >= 4 is 0 Å². The molecule has 1 rings (SSSR count). The molecule has 0 aliphatic heterocycles. The monoisotopic (exact) mass is 154 g/mol. The molecule has 64 valence electrons. The number of rotatable bonds is 1. The zero-order chi connectivity index (χ0) is 8.43. The largest absolute Gasteiger partial charge is 0.392 e. The van der Waals surface area contributed by atoms with Crippen LogP contribution in [0.2, 0.25) is 0 Å². The highest BCUT2D eigenvalue weighted by molar-refractivity contribution is 5.18. The van der Waals surface area contributed by atoms with Gasteiger partial charge in [0.25, 0.3) is 0 Å². The third-order valence-corrected chi connectivity index (χ3v) is 2.72. The predicted octanol–water partition coefficient (Wildman–Crippen LogP) is 2.36. The zero-order valence-corrected chi connectivity index (χ0v) is 7.72. The Balaban J connectivity index is 2.77. The van der Waals surface area contributed by atoms with Crippen molar-refractivity contribution in [2.24, 2.45) is 11.8 Å². The van der Waals surface area contributed by atoms with Crippen LogP contribution in [0.5, 0.6) is 0 Å². The minimum Gasteiger partial charge on any atom is -0.392 e. The predicted molar refractivity (Wildman–Crippen MR) is 47.3 cm³/mol. The first-order valence-electron chi connectivity index (χ1n) is 4.44. The lowest BCUT2D eigenvalue weighted by Gasteiger charge is -2.27. The van der Waals surface area contributed by atoms with Gasteiger partial charge in [0.1, 0.15) is 0 Å². The molecule has 0 fully saturated rings. The van der Waals surface area contributed by atoms with Crippen LogP contribution in [-0.4, -0.2) is 11.7 Å². The Morgan fingerprint density at radius 3 is 2.55 bits per heavy atom. The maximum absolute atomic E-state index is 9.06. The number of hydrogen-bond acceptors (Lipinski definition) is 1. The lowest BCUT2D eigenvalue weighted by atomic mass is 9.79. The molecule has 1 heteroatoms. The van der Waals surface area contributed by atoms with Crippen molar-refractivity contribution in [3.8, 4) is 0 Å². The maximum Gasteiger partial charge on any atom is 0.0646 e. The Morgan fingerprint density at radius 2 is 2.09 bits per heavy atom. The molecule has 0 amide bonds. The molecule has 1 aliphatic rings. The Morgan fingerprint density at radius 1 is 1.45 bits per heavy atom. The van der Waals surface area contributed by atoms with E-state index in [2.05, 4.69) is 20.8 Å². The van der Waals surface area contributed by atoms with Gasteiger partial charge in [0.2, 0.25) is 0 Å². The Kier molecular flexibility index (Phi) is 2.72. The third kappa shape index (κ3) is 1.84. The van der Waals surface area contributed by atoms with Crippen molar-refractivity contribution in [3.05, 3.63) is 11.1 Å². The molecule has 2 unspecified atom stereocenters. The molecule has 0 saturated heterocycles. The van der Waals surface area contributed by atoms with Gasteiger partial charge in [-0.15, -0.1) is 0 Å². The van der Waals surface area contributed by atoms with E-state index >= 15 is 0 Å². The SMILES string of the molecule is CC1=C(CO)C(C)CC(C)C1. The lowest BCUT2D eigenvalue weighted by molar-refractivity contribution is 0.293. The summed E-state index contributed by atoms with van der Waals surface area (Å²) in [6.45, 7) is 6.91. The summed E-state index contributed by atoms with van der Waals surface area (Å²) < 4.78 is 0. The van der Waals surface area contributed by atoms with Gasteiger partial charge >= 0.3 is 0 Å². The smallest absolute Gasteiger partial charge is 0.0646 e. The summed E-state index contributed by atoms with van der Waals surface area (Å²) in [4.78, 5) is 0. The fraction of sp³-hybridized carbons (Fsp3) is 0.800. The van der Waals surface area contributed by atoms with Crippen LogP contribution >= 0.6 is 0 Å². The number of aliphatic hydroxyl groups excluding tert-OH is 1. The van der Waals surface area contributed by atoms with Crippen LogP contribution in [0.25, 0.3) is 0 Å². The number of hydrogen-bond donors (Lipinski definition) is 1. The molecule has 0 radical (unpaired) electrons. The van der Waals surface area contributed by atoms with Gasteiger partial charge in [-0.2, -0.15) is 0 Å². The number of allylic oxidation sites excluding steroid dienone is 1. The van der Waals surface area contributed by atoms with Gasteiger partial charge in [0.15, 0.2) is 0 Å². The van der Waals surface area contributed by atoms with Crippen LogP contribution in [0.3, 0.4) is 0 Å². The first-order chi connectivity index (χ1) is 5.15. The van der Waals surface area contributed by atoms with Crippen molar-refractivity contribution in [1.29, 1.82) is 0 Å². The topological polar surface area (TPSA) is 20.2 Å². The molecule has 1 N–H and O–H groups in total. The van der Waals surface area contributed by atoms with E-state index in [1.165, 1.54) is 24.0 Å². The molecule has 0 heterocycles. The van der Waals surface area contributed by atoms with E-state index in [1.807, 2.05) is 0 Å². The molecule has 1 nitrogen and oxygen atoms in total. The Bertz CT molecular complexity index is 170. The van der Waals surface area contributed by atoms with E-state index in [1.54, 1.807) is 0 Å². The molecule has 0 aromatic rings. The molecule has 0 aromatic carbocycles. The van der Waals surface area contributed by atoms with Crippen molar-refractivity contribution in [3.63, 3.8) is 0 Å². The third-order valence-electron chi connectivity index (χ3n) is 2.72. The molecule has 0 spiro atoms. The summed E-state index contributed by atoms with van der Waals surface area (Å²) in [5, 5.41) is 9.06. The molecule has 1 aliphatic carbocycles. The quantitative estimate of drug-likeness (QED) is 0.575. The number of aliphatic hydroxyl groups is 1. The summed E-state index contributed by atoms with van der Waals surface area (Å²) in [6.07, 6.45) is 2.42. The highest BCUT2D eigenvalue weighted by Crippen LogP contribution is 2.32. The summed E-state index contributed by atoms with van der Waals surface area (Å²) in [5.41, 5.74) is 2.70. The molecule has 2 atom stereocenters. The second kappa shape index (κ2) is 3.40. The maximum atomic E-state index is 9.06. The second-order valence-corrected chi connectivity index (χ2v) is 3.91. The van der Waals surface area contributed by atoms with Crippen LogP contribution in [0.15, 0.2) is 11.1 Å². The summed E-state index contributed by atoms with van der Waals surface area (Å²) in [7, 11) is 0. The minimum absolute atomic E-state index is 0.264. The van der Waals surface area contributed by atoms with Crippen LogP contribution in [-0.2, 0) is 0 Å². The van der Waals surface area contributed by atoms with Gasteiger partial charge in [0.05, 0.1) is 6.61 Å². The van der Waals surface area contributed by atoms with E-state index in [0.717, 1.165) is 5.92 Å². The van der Waals surface area contributed by atoms with Crippen molar-refractivity contribution in [1.82, 2.24) is 0 Å². The van der Waals surface area contributed by atoms with Crippen LogP contribution < -0.4 is 0 Å². The van der Waals surface area contributed by atoms with Crippen molar-refractivity contribution in [2.45, 2.75) is 33.6 Å². The van der Waals surface area contributed by atoms with Gasteiger partial charge in [-0.3, -0.25) is 0 Å². The Labute approximate surface area is 69.1 Å². The molecule has 11 heavy (non-hydrogen) atoms. The standard InChI is InChI=1S/C10H18O/c1-7-4-8(2)10(6-11)9(3)5-7/h7-8,11H,4-6H2,1-3H3. The normalized spacial score (nSPS) is 32.7. The fourth-order valence-corrected chi connectivity index (χ4v) is 2.19. The second-order valence-electron chi connectivity index (χ2n) is 3.91. The average molecular weight is 154 g/mol. The average Bonchev–Trinajstić information content (AvgIpc) is 1.85. The van der Waals surface area contributed by atoms with Gasteiger partial charge < -0.3 is 5.11 Å². The van der Waals surface area contributed by atoms with Crippen LogP contribution in [0, 0.1) is 11.8 Å². The highest BCUT2D eigenvalue weighted by atomic mass is 16.3. The molecule has 0 bridgehead atoms. The molecular formula is C10H18O. The highest BCUT2D eigenvalue weighted by Gasteiger charge is 2.20. The van der Waals surface area contributed by atoms with E-state index in [4.69, 9.17) is 5.11 Å². The van der Waals surface area contributed by atoms with Crippen molar-refractivity contribution in [2.75, 3.05) is 6.61 Å². The van der Waals surface area contributed by atoms with E-state index in [0.29, 0.717) is 5.92 Å². The van der Waals surface area contributed by atoms with Crippen LogP contribution in [0.4, 0.5) is 0 Å². The van der Waals surface area contributed by atoms with Gasteiger partial charge in [-0.25, -0.2) is 0 Å². The van der Waals surface area contributed by atoms with E-state index < -0.39 is 0 Å². The van der Waals surface area contributed by atoms with E-state index in [-0.39, 0.29) is 6.61 Å². The first-order valence-corrected chi connectivity index (χ1v) is 4.44. The minimum atomic E-state index is 0.264. The summed E-state index contributed by atoms with van der Waals surface area (Å²) in [6, 6.07) is 0. The Hall–Kier alpha value is -0.300. The van der Waals surface area contributed by atoms with Crippen LogP contribution in [0.1, 0.15) is 33.6 Å². The molecular weight excluding hydrogens is 136 g/mol. The van der Waals surface area contributed by atoms with Gasteiger partial charge in [-0.05, 0) is 37.2 Å². The van der Waals surface area contributed by atoms with Crippen molar-refractivity contribution < 1.29 is 5.11 Å². The summed E-state index contributed by atoms with van der Waals surface area (Å²) in [5.74, 6) is 1.41. The zero-order valence-electron chi connectivity index (χ0n) is 7.72. The van der Waals surface area contributed by atoms with Gasteiger partial charge in [0, 0.05) is 0 Å². The van der Waals surface area contributed by atoms with Gasteiger partial charge in [-0.1, -0.05) is 19.4 Å². The van der Waals surface area contributed by atoms with E-state index in [9.17, 15) is 0 Å². The summed E-state index contributed by atoms with van der Waals surface area (Å²) >= 11 is 0. The molecule has 0 aromatic heterocycles. The fourth-order valence-electron chi connectivity index (χ4n) is 2.19. The lowest BCUT2D eigenvalue weighted by Crippen LogP contribution is -2.16. The first kappa shape index (κ1) is 8.79.